The van der Waals surface area contributed by atoms with Gasteiger partial charge in [-0.2, -0.15) is 0 Å². The summed E-state index contributed by atoms with van der Waals surface area (Å²) < 4.78 is 0. The third-order valence-corrected chi connectivity index (χ3v) is 5.64. The number of carbonyl (C=O) groups excluding carboxylic acids is 2. The number of carbonyl (C=O) groups is 2. The molecule has 0 aliphatic carbocycles. The Balaban J connectivity index is 1.60. The van der Waals surface area contributed by atoms with Crippen molar-refractivity contribution >= 4 is 55.4 Å². The number of nitrogens with two attached hydrogens (primary N) is 1. The van der Waals surface area contributed by atoms with Gasteiger partial charge in [0.25, 0.3) is 17.5 Å². The lowest BCUT2D eigenvalue weighted by atomic mass is 10.1. The van der Waals surface area contributed by atoms with E-state index < -0.39 is 16.7 Å². The van der Waals surface area contributed by atoms with Crippen LogP contribution in [0.4, 0.5) is 21.5 Å². The quantitative estimate of drug-likeness (QED) is 0.291. The molecule has 0 spiro atoms. The lowest BCUT2D eigenvalue weighted by Crippen LogP contribution is -2.17. The average molecular weight is 447 g/mol. The molecular weight excluding hydrogens is 430 g/mol. The average Bonchev–Trinajstić information content (AvgIpc) is 3.16. The third kappa shape index (κ3) is 4.25. The third-order valence-electron chi connectivity index (χ3n) is 4.76. The molecule has 0 atom stereocenters. The van der Waals surface area contributed by atoms with E-state index >= 15 is 0 Å². The zero-order chi connectivity index (χ0) is 22.8. The highest BCUT2D eigenvalue weighted by molar-refractivity contribution is 7.20. The first kappa shape index (κ1) is 20.9. The van der Waals surface area contributed by atoms with Crippen molar-refractivity contribution in [3.05, 3.63) is 87.6 Å². The maximum atomic E-state index is 12.7. The predicted molar refractivity (Wildman–Crippen MR) is 124 cm³/mol. The van der Waals surface area contributed by atoms with Crippen LogP contribution in [-0.2, 0) is 0 Å². The molecule has 10 heteroatoms. The molecule has 0 aliphatic rings. The molecule has 0 saturated carbocycles. The van der Waals surface area contributed by atoms with Crippen LogP contribution < -0.4 is 16.4 Å². The molecule has 0 unspecified atom stereocenters. The van der Waals surface area contributed by atoms with Gasteiger partial charge in [0, 0.05) is 22.9 Å². The summed E-state index contributed by atoms with van der Waals surface area (Å²) in [5, 5.41) is 19.5. The molecule has 0 radical (unpaired) electrons. The summed E-state index contributed by atoms with van der Waals surface area (Å²) in [4.78, 5) is 39.3. The molecule has 160 valence electrons. The normalized spacial score (nSPS) is 10.7. The highest BCUT2D eigenvalue weighted by Gasteiger charge is 2.21. The van der Waals surface area contributed by atoms with Crippen molar-refractivity contribution in [2.24, 2.45) is 5.73 Å². The Morgan fingerprint density at radius 2 is 1.81 bits per heavy atom. The van der Waals surface area contributed by atoms with Gasteiger partial charge in [-0.05, 0) is 35.9 Å². The zero-order valence-corrected chi connectivity index (χ0v) is 17.6. The van der Waals surface area contributed by atoms with Crippen molar-refractivity contribution in [1.29, 1.82) is 0 Å². The number of nitrogens with zero attached hydrogens (tertiary/aromatic N) is 2. The van der Waals surface area contributed by atoms with Crippen LogP contribution in [0.3, 0.4) is 0 Å². The van der Waals surface area contributed by atoms with Crippen molar-refractivity contribution in [2.45, 2.75) is 6.92 Å². The van der Waals surface area contributed by atoms with Gasteiger partial charge in [0.15, 0.2) is 10.8 Å². The number of aromatic nitrogens is 1. The van der Waals surface area contributed by atoms with Gasteiger partial charge in [0.1, 0.15) is 5.00 Å². The molecular formula is C22H17N5O4S. The number of rotatable bonds is 6. The second kappa shape index (κ2) is 8.44. The molecule has 0 bridgehead atoms. The number of nitro benzene ring substituents is 1. The van der Waals surface area contributed by atoms with Crippen LogP contribution in [0.25, 0.3) is 10.8 Å². The van der Waals surface area contributed by atoms with E-state index in [-0.39, 0.29) is 21.9 Å². The topological polar surface area (TPSA) is 140 Å². The van der Waals surface area contributed by atoms with Crippen LogP contribution in [0.1, 0.15) is 26.4 Å². The summed E-state index contributed by atoms with van der Waals surface area (Å²) in [6.07, 6.45) is 0. The number of anilines is 3. The minimum atomic E-state index is -0.807. The Hall–Kier alpha value is -4.31. The van der Waals surface area contributed by atoms with E-state index in [4.69, 9.17) is 5.73 Å². The smallest absolute Gasteiger partial charge is 0.273 e. The van der Waals surface area contributed by atoms with E-state index in [1.165, 1.54) is 18.2 Å². The van der Waals surface area contributed by atoms with Crippen LogP contribution in [-0.4, -0.2) is 21.7 Å². The van der Waals surface area contributed by atoms with Crippen molar-refractivity contribution in [3.8, 4) is 0 Å². The van der Waals surface area contributed by atoms with Crippen LogP contribution in [0.2, 0.25) is 0 Å². The van der Waals surface area contributed by atoms with E-state index in [1.54, 1.807) is 6.92 Å². The van der Waals surface area contributed by atoms with E-state index in [1.807, 2.05) is 42.5 Å². The highest BCUT2D eigenvalue weighted by Crippen LogP contribution is 2.32. The van der Waals surface area contributed by atoms with Gasteiger partial charge in [0.2, 0.25) is 0 Å². The number of thiazole rings is 1. The summed E-state index contributed by atoms with van der Waals surface area (Å²) in [7, 11) is 0. The van der Waals surface area contributed by atoms with E-state index in [0.29, 0.717) is 10.7 Å². The maximum absolute atomic E-state index is 12.7. The highest BCUT2D eigenvalue weighted by atomic mass is 32.1. The summed E-state index contributed by atoms with van der Waals surface area (Å²) >= 11 is 1.04. The molecule has 1 aromatic heterocycles. The molecule has 1 heterocycles. The van der Waals surface area contributed by atoms with Crippen molar-refractivity contribution in [1.82, 2.24) is 4.98 Å². The fourth-order valence-electron chi connectivity index (χ4n) is 3.14. The molecule has 9 nitrogen and oxygen atoms in total. The molecule has 0 fully saturated rings. The molecule has 0 saturated heterocycles. The van der Waals surface area contributed by atoms with Gasteiger partial charge in [-0.1, -0.05) is 47.7 Å². The van der Waals surface area contributed by atoms with E-state index in [0.717, 1.165) is 27.8 Å². The Morgan fingerprint density at radius 1 is 1.06 bits per heavy atom. The first-order valence-corrected chi connectivity index (χ1v) is 10.3. The Morgan fingerprint density at radius 3 is 2.53 bits per heavy atom. The minimum Gasteiger partial charge on any atom is -0.364 e. The number of amides is 2. The fourth-order valence-corrected chi connectivity index (χ4v) is 4.02. The van der Waals surface area contributed by atoms with Crippen LogP contribution in [0.5, 0.6) is 0 Å². The molecule has 0 aliphatic heterocycles. The van der Waals surface area contributed by atoms with Crippen molar-refractivity contribution < 1.29 is 14.5 Å². The molecule has 32 heavy (non-hydrogen) atoms. The predicted octanol–water partition coefficient (Wildman–Crippen LogP) is 4.61. The summed E-state index contributed by atoms with van der Waals surface area (Å²) in [6, 6.07) is 17.8. The summed E-state index contributed by atoms with van der Waals surface area (Å²) in [6.45, 7) is 1.58. The minimum absolute atomic E-state index is 0.0789. The number of fused-ring (bicyclic) bond motifs is 1. The van der Waals surface area contributed by atoms with Crippen LogP contribution in [0.15, 0.2) is 60.7 Å². The van der Waals surface area contributed by atoms with Crippen LogP contribution in [0, 0.1) is 17.0 Å². The second-order valence-electron chi connectivity index (χ2n) is 6.96. The van der Waals surface area contributed by atoms with Crippen molar-refractivity contribution in [3.63, 3.8) is 0 Å². The van der Waals surface area contributed by atoms with E-state index in [9.17, 15) is 19.7 Å². The molecule has 4 rings (SSSR count). The molecule has 4 N–H and O–H groups in total. The number of hydrogen-bond acceptors (Lipinski definition) is 7. The first-order valence-electron chi connectivity index (χ1n) is 9.44. The molecule has 3 aromatic carbocycles. The number of nitro groups is 1. The van der Waals surface area contributed by atoms with Gasteiger partial charge in [-0.25, -0.2) is 4.98 Å². The molecule has 2 amide bonds. The number of nitrogens with one attached hydrogen (secondary N) is 2. The Kier molecular flexibility index (Phi) is 5.52. The fraction of sp³-hybridized carbons (Fsp3) is 0.0455. The zero-order valence-electron chi connectivity index (χ0n) is 16.8. The Bertz CT molecular complexity index is 1380. The SMILES string of the molecule is Cc1ccc(C(=O)Nc2sc(Nc3ccc4ccccc4c3)nc2C(N)=O)cc1[N+](=O)[O-]. The van der Waals surface area contributed by atoms with E-state index in [2.05, 4.69) is 15.6 Å². The maximum Gasteiger partial charge on any atom is 0.273 e. The number of hydrogen-bond donors (Lipinski definition) is 3. The number of benzene rings is 3. The first-order chi connectivity index (χ1) is 15.3. The lowest BCUT2D eigenvalue weighted by Gasteiger charge is -2.05. The van der Waals surface area contributed by atoms with Gasteiger partial charge in [-0.15, -0.1) is 0 Å². The number of aryl methyl sites for hydroxylation is 1. The number of primary amides is 1. The lowest BCUT2D eigenvalue weighted by molar-refractivity contribution is -0.385. The molecule has 4 aromatic rings. The summed E-state index contributed by atoms with van der Waals surface area (Å²) in [5.41, 5.74) is 6.42. The van der Waals surface area contributed by atoms with Gasteiger partial charge >= 0.3 is 0 Å². The second-order valence-corrected chi connectivity index (χ2v) is 7.96. The van der Waals surface area contributed by atoms with Gasteiger partial charge < -0.3 is 16.4 Å². The van der Waals surface area contributed by atoms with Crippen molar-refractivity contribution in [2.75, 3.05) is 10.6 Å². The van der Waals surface area contributed by atoms with Gasteiger partial charge in [0.05, 0.1) is 4.92 Å². The largest absolute Gasteiger partial charge is 0.364 e. The van der Waals surface area contributed by atoms with Crippen LogP contribution >= 0.6 is 11.3 Å². The Labute approximate surface area is 186 Å². The van der Waals surface area contributed by atoms with Gasteiger partial charge in [-0.3, -0.25) is 19.7 Å². The standard InChI is InChI=1S/C22H17N5O4S/c1-12-6-7-15(11-17(12)27(30)31)20(29)26-21-18(19(23)28)25-22(32-21)24-16-9-8-13-4-2-3-5-14(13)10-16/h2-11H,1H3,(H2,23,28)(H,24,25)(H,26,29). The summed E-state index contributed by atoms with van der Waals surface area (Å²) in [5.74, 6) is -1.42. The monoisotopic (exact) mass is 447 g/mol.